The number of alkyl halides is 3. The minimum absolute atomic E-state index is 0.0211. The Hall–Kier alpha value is -2.54. The smallest absolute Gasteiger partial charge is 0.406 e. The maximum Gasteiger partial charge on any atom is 0.573 e. The minimum atomic E-state index is -4.86. The second-order valence-corrected chi connectivity index (χ2v) is 7.25. The molecule has 0 bridgehead atoms. The average molecular weight is 365 g/mol. The SMILES string of the molecule is CC(C)(C)c1ccc(C2(O)C(=O)Nc3ccc(OC(F)(F)F)cc32)cc1. The van der Waals surface area contributed by atoms with Crippen LogP contribution in [0.15, 0.2) is 42.5 Å². The molecule has 0 radical (unpaired) electrons. The number of hydrogen-bond acceptors (Lipinski definition) is 3. The third kappa shape index (κ3) is 3.14. The molecule has 1 aliphatic rings. The molecule has 0 saturated heterocycles. The highest BCUT2D eigenvalue weighted by Crippen LogP contribution is 2.43. The fourth-order valence-electron chi connectivity index (χ4n) is 2.96. The Morgan fingerprint density at radius 3 is 2.19 bits per heavy atom. The predicted molar refractivity (Wildman–Crippen MR) is 89.9 cm³/mol. The summed E-state index contributed by atoms with van der Waals surface area (Å²) in [5.74, 6) is -1.22. The molecule has 2 N–H and O–H groups in total. The minimum Gasteiger partial charge on any atom is -0.406 e. The molecule has 7 heteroatoms. The van der Waals surface area contributed by atoms with Gasteiger partial charge in [-0.15, -0.1) is 13.2 Å². The van der Waals surface area contributed by atoms with Crippen molar-refractivity contribution in [3.63, 3.8) is 0 Å². The van der Waals surface area contributed by atoms with Crippen molar-refractivity contribution in [1.29, 1.82) is 0 Å². The molecular formula is C19H18F3NO3. The van der Waals surface area contributed by atoms with Crippen LogP contribution in [0.5, 0.6) is 5.75 Å². The second kappa shape index (κ2) is 5.74. The lowest BCUT2D eigenvalue weighted by molar-refractivity contribution is -0.274. The van der Waals surface area contributed by atoms with Crippen LogP contribution in [-0.4, -0.2) is 17.4 Å². The molecule has 1 amide bonds. The topological polar surface area (TPSA) is 58.6 Å². The number of halogens is 3. The van der Waals surface area contributed by atoms with Crippen LogP contribution in [0.3, 0.4) is 0 Å². The summed E-state index contributed by atoms with van der Waals surface area (Å²) in [5, 5.41) is 13.5. The zero-order valence-electron chi connectivity index (χ0n) is 14.4. The summed E-state index contributed by atoms with van der Waals surface area (Å²) < 4.78 is 41.3. The van der Waals surface area contributed by atoms with Crippen LogP contribution in [0.1, 0.15) is 37.5 Å². The number of aliphatic hydroxyl groups is 1. The summed E-state index contributed by atoms with van der Waals surface area (Å²) in [6.45, 7) is 6.07. The Labute approximate surface area is 148 Å². The summed E-state index contributed by atoms with van der Waals surface area (Å²) in [7, 11) is 0. The number of hydrogen-bond donors (Lipinski definition) is 2. The largest absolute Gasteiger partial charge is 0.573 e. The summed E-state index contributed by atoms with van der Waals surface area (Å²) in [6.07, 6.45) is -4.86. The highest BCUT2D eigenvalue weighted by Gasteiger charge is 2.47. The molecule has 138 valence electrons. The van der Waals surface area contributed by atoms with Gasteiger partial charge in [-0.3, -0.25) is 4.79 Å². The third-order valence-corrected chi connectivity index (χ3v) is 4.36. The molecule has 4 nitrogen and oxygen atoms in total. The lowest BCUT2D eigenvalue weighted by Gasteiger charge is -2.24. The number of anilines is 1. The van der Waals surface area contributed by atoms with Gasteiger partial charge in [-0.2, -0.15) is 0 Å². The highest BCUT2D eigenvalue weighted by atomic mass is 19.4. The molecule has 3 rings (SSSR count). The zero-order valence-corrected chi connectivity index (χ0v) is 14.4. The standard InChI is InChI=1S/C19H18F3NO3/c1-17(2,3)11-4-6-12(7-5-11)18(25)14-10-13(26-19(20,21)22)8-9-15(14)23-16(18)24/h4-10,25H,1-3H3,(H,23,24). The maximum absolute atomic E-state index is 12.5. The van der Waals surface area contributed by atoms with Gasteiger partial charge < -0.3 is 15.2 Å². The summed E-state index contributed by atoms with van der Waals surface area (Å²) in [5.41, 5.74) is -0.676. The van der Waals surface area contributed by atoms with Crippen molar-refractivity contribution in [3.05, 3.63) is 59.2 Å². The van der Waals surface area contributed by atoms with Crippen LogP contribution in [0, 0.1) is 0 Å². The van der Waals surface area contributed by atoms with Gasteiger partial charge in [0, 0.05) is 11.3 Å². The van der Waals surface area contributed by atoms with Gasteiger partial charge in [0.1, 0.15) is 5.75 Å². The predicted octanol–water partition coefficient (Wildman–Crippen LogP) is 4.07. The number of ether oxygens (including phenoxy) is 1. The molecule has 0 spiro atoms. The van der Waals surface area contributed by atoms with Gasteiger partial charge in [0.15, 0.2) is 5.60 Å². The fourth-order valence-corrected chi connectivity index (χ4v) is 2.96. The van der Waals surface area contributed by atoms with Crippen molar-refractivity contribution in [2.45, 2.75) is 38.1 Å². The first-order valence-corrected chi connectivity index (χ1v) is 7.96. The average Bonchev–Trinajstić information content (AvgIpc) is 2.77. The molecule has 26 heavy (non-hydrogen) atoms. The van der Waals surface area contributed by atoms with Crippen LogP contribution in [0.4, 0.5) is 18.9 Å². The van der Waals surface area contributed by atoms with Crippen LogP contribution in [0.2, 0.25) is 0 Å². The van der Waals surface area contributed by atoms with E-state index in [9.17, 15) is 23.1 Å². The second-order valence-electron chi connectivity index (χ2n) is 7.25. The molecule has 0 saturated carbocycles. The molecule has 0 aromatic heterocycles. The molecule has 2 aromatic rings. The van der Waals surface area contributed by atoms with Gasteiger partial charge in [0.2, 0.25) is 0 Å². The van der Waals surface area contributed by atoms with Gasteiger partial charge in [-0.1, -0.05) is 45.0 Å². The van der Waals surface area contributed by atoms with E-state index in [4.69, 9.17) is 0 Å². The van der Waals surface area contributed by atoms with Crippen LogP contribution in [0.25, 0.3) is 0 Å². The van der Waals surface area contributed by atoms with Crippen molar-refractivity contribution in [2.24, 2.45) is 0 Å². The molecule has 1 aliphatic heterocycles. The summed E-state index contributed by atoms with van der Waals surface area (Å²) in [4.78, 5) is 12.4. The lowest BCUT2D eigenvalue weighted by atomic mass is 9.83. The van der Waals surface area contributed by atoms with Gasteiger partial charge in [0.25, 0.3) is 5.91 Å². The van der Waals surface area contributed by atoms with Crippen LogP contribution < -0.4 is 10.1 Å². The first kappa shape index (κ1) is 18.3. The van der Waals surface area contributed by atoms with E-state index >= 15 is 0 Å². The van der Waals surface area contributed by atoms with Gasteiger partial charge >= 0.3 is 6.36 Å². The van der Waals surface area contributed by atoms with Crippen molar-refractivity contribution in [3.8, 4) is 5.75 Å². The first-order valence-electron chi connectivity index (χ1n) is 7.96. The van der Waals surface area contributed by atoms with Crippen molar-refractivity contribution >= 4 is 11.6 Å². The van der Waals surface area contributed by atoms with E-state index in [1.165, 1.54) is 6.07 Å². The maximum atomic E-state index is 12.5. The number of benzene rings is 2. The van der Waals surface area contributed by atoms with Crippen LogP contribution >= 0.6 is 0 Å². The number of fused-ring (bicyclic) bond motifs is 1. The van der Waals surface area contributed by atoms with E-state index in [2.05, 4.69) is 10.1 Å². The Morgan fingerprint density at radius 1 is 1.04 bits per heavy atom. The first-order chi connectivity index (χ1) is 11.9. The van der Waals surface area contributed by atoms with Crippen molar-refractivity contribution in [1.82, 2.24) is 0 Å². The molecule has 1 heterocycles. The molecule has 2 aromatic carbocycles. The van der Waals surface area contributed by atoms with E-state index in [1.54, 1.807) is 24.3 Å². The number of nitrogens with one attached hydrogen (secondary N) is 1. The molecular weight excluding hydrogens is 347 g/mol. The highest BCUT2D eigenvalue weighted by molar-refractivity contribution is 6.07. The van der Waals surface area contributed by atoms with Crippen LogP contribution in [-0.2, 0) is 15.8 Å². The molecule has 0 fully saturated rings. The molecule has 1 unspecified atom stereocenters. The van der Waals surface area contributed by atoms with E-state index in [-0.39, 0.29) is 22.2 Å². The Kier molecular flexibility index (Phi) is 4.03. The zero-order chi connectivity index (χ0) is 19.3. The van der Waals surface area contributed by atoms with Gasteiger partial charge in [0.05, 0.1) is 0 Å². The van der Waals surface area contributed by atoms with E-state index < -0.39 is 23.6 Å². The number of amides is 1. The fraction of sp³-hybridized carbons (Fsp3) is 0.316. The third-order valence-electron chi connectivity index (χ3n) is 4.36. The molecule has 0 aliphatic carbocycles. The summed E-state index contributed by atoms with van der Waals surface area (Å²) >= 11 is 0. The monoisotopic (exact) mass is 365 g/mol. The van der Waals surface area contributed by atoms with Crippen molar-refractivity contribution in [2.75, 3.05) is 5.32 Å². The van der Waals surface area contributed by atoms with E-state index in [1.807, 2.05) is 20.8 Å². The summed E-state index contributed by atoms with van der Waals surface area (Å²) in [6, 6.07) is 10.2. The van der Waals surface area contributed by atoms with E-state index in [0.717, 1.165) is 17.7 Å². The molecule has 1 atom stereocenters. The number of carbonyl (C=O) groups is 1. The van der Waals surface area contributed by atoms with Gasteiger partial charge in [-0.05, 0) is 34.7 Å². The quantitative estimate of drug-likeness (QED) is 0.843. The Morgan fingerprint density at radius 2 is 1.65 bits per heavy atom. The lowest BCUT2D eigenvalue weighted by Crippen LogP contribution is -2.35. The Balaban J connectivity index is 2.05. The number of carbonyl (C=O) groups excluding carboxylic acids is 1. The normalized spacial score (nSPS) is 19.9. The van der Waals surface area contributed by atoms with Crippen molar-refractivity contribution < 1.29 is 27.8 Å². The van der Waals surface area contributed by atoms with Gasteiger partial charge in [-0.25, -0.2) is 0 Å². The number of rotatable bonds is 2. The van der Waals surface area contributed by atoms with E-state index in [0.29, 0.717) is 0 Å². The Bertz CT molecular complexity index is 854.